The molecule has 0 spiro atoms. The summed E-state index contributed by atoms with van der Waals surface area (Å²) in [7, 11) is 1.10. The van der Waals surface area contributed by atoms with Crippen molar-refractivity contribution in [2.45, 2.75) is 0 Å². The van der Waals surface area contributed by atoms with Crippen LogP contribution in [0.3, 0.4) is 0 Å². The van der Waals surface area contributed by atoms with Gasteiger partial charge in [0, 0.05) is 7.11 Å². The van der Waals surface area contributed by atoms with E-state index in [0.717, 1.165) is 0 Å². The normalized spacial score (nSPS) is 9.62. The lowest BCUT2D eigenvalue weighted by atomic mass is 10.4. The van der Waals surface area contributed by atoms with E-state index in [-0.39, 0.29) is 9.90 Å². The Morgan fingerprint density at radius 1 is 0.667 bits per heavy atom. The van der Waals surface area contributed by atoms with E-state index in [9.17, 15) is 0 Å². The molecule has 0 aliphatic rings. The average Bonchev–Trinajstić information content (AvgIpc) is 2.65. The van der Waals surface area contributed by atoms with Crippen LogP contribution >= 0.6 is 29.4 Å². The number of methoxy groups -OCH3 is 1. The summed E-state index contributed by atoms with van der Waals surface area (Å²) in [6.07, 6.45) is 0. The van der Waals surface area contributed by atoms with Crippen molar-refractivity contribution in [1.29, 1.82) is 0 Å². The van der Waals surface area contributed by atoms with Crippen molar-refractivity contribution in [1.82, 2.24) is 0 Å². The summed E-state index contributed by atoms with van der Waals surface area (Å²) in [6.45, 7) is 0. The van der Waals surface area contributed by atoms with Gasteiger partial charge in [0.25, 0.3) is 0 Å². The summed E-state index contributed by atoms with van der Waals surface area (Å²) in [5, 5.41) is 4.19. The first kappa shape index (κ1) is 20.8. The summed E-state index contributed by atoms with van der Waals surface area (Å²) in [6, 6.07) is 32.6. The van der Waals surface area contributed by atoms with Gasteiger partial charge >= 0.3 is 0 Å². The summed E-state index contributed by atoms with van der Waals surface area (Å²) in [5.41, 5.74) is 0. The Balaban J connectivity index is 0.000000522. The molecule has 0 heterocycles. The third-order valence-electron chi connectivity index (χ3n) is 3.15. The molecule has 0 fully saturated rings. The summed E-state index contributed by atoms with van der Waals surface area (Å²) >= 11 is 4.96. The van der Waals surface area contributed by atoms with Gasteiger partial charge in [-0.3, -0.25) is 0 Å². The molecule has 0 aliphatic heterocycles. The van der Waals surface area contributed by atoms with Crippen molar-refractivity contribution in [3.05, 3.63) is 91.0 Å². The topological polar surface area (TPSA) is 9.23 Å². The predicted molar refractivity (Wildman–Crippen MR) is 114 cm³/mol. The zero-order valence-electron chi connectivity index (χ0n) is 13.8. The molecule has 1 atom stereocenters. The standard InChI is InChI=1S/C18H15P.C2H5ClO.H3P/c1-4-10-16(11-5-1)19(17-12-6-2-7-13-17)18-14-8-3-9-15-18;1-4-2-3;/h1-15H;2H2,1H3;1H3. The number of hydrogen-bond acceptors (Lipinski definition) is 1. The van der Waals surface area contributed by atoms with Gasteiger partial charge in [-0.1, -0.05) is 103 Å². The first-order chi connectivity index (χ1) is 11.4. The lowest BCUT2D eigenvalue weighted by Crippen LogP contribution is -2.20. The molecule has 0 N–H and O–H groups in total. The Morgan fingerprint density at radius 2 is 0.917 bits per heavy atom. The van der Waals surface area contributed by atoms with E-state index in [4.69, 9.17) is 11.6 Å². The molecule has 0 aliphatic carbocycles. The van der Waals surface area contributed by atoms with Gasteiger partial charge in [-0.2, -0.15) is 9.90 Å². The first-order valence-corrected chi connectivity index (χ1v) is 9.24. The van der Waals surface area contributed by atoms with Gasteiger partial charge in [0.2, 0.25) is 0 Å². The largest absolute Gasteiger partial charge is 0.369 e. The van der Waals surface area contributed by atoms with E-state index in [1.165, 1.54) is 15.9 Å². The Bertz CT molecular complexity index is 567. The van der Waals surface area contributed by atoms with E-state index < -0.39 is 7.92 Å². The minimum atomic E-state index is -0.446. The van der Waals surface area contributed by atoms with Crippen molar-refractivity contribution in [2.75, 3.05) is 13.2 Å². The maximum atomic E-state index is 4.96. The molecular formula is C20H23ClOP2. The Kier molecular flexibility index (Phi) is 10.6. The zero-order chi connectivity index (χ0) is 16.3. The Labute approximate surface area is 154 Å². The second kappa shape index (κ2) is 12.2. The van der Waals surface area contributed by atoms with Crippen LogP contribution in [-0.4, -0.2) is 13.2 Å². The average molecular weight is 377 g/mol. The van der Waals surface area contributed by atoms with Crippen molar-refractivity contribution in [2.24, 2.45) is 0 Å². The molecular weight excluding hydrogens is 354 g/mol. The summed E-state index contributed by atoms with van der Waals surface area (Å²) in [4.78, 5) is 0. The molecule has 3 rings (SSSR count). The Hall–Kier alpha value is -1.23. The number of rotatable bonds is 4. The zero-order valence-corrected chi connectivity index (χ0v) is 16.9. The number of alkyl halides is 1. The van der Waals surface area contributed by atoms with Crippen LogP contribution in [0.25, 0.3) is 0 Å². The first-order valence-electron chi connectivity index (χ1n) is 7.37. The number of hydrogen-bond donors (Lipinski definition) is 0. The maximum Gasteiger partial charge on any atom is 0.120 e. The highest BCUT2D eigenvalue weighted by atomic mass is 35.5. The molecule has 3 aromatic carbocycles. The van der Waals surface area contributed by atoms with Crippen LogP contribution < -0.4 is 15.9 Å². The highest BCUT2D eigenvalue weighted by Crippen LogP contribution is 2.32. The van der Waals surface area contributed by atoms with Gasteiger partial charge in [-0.25, -0.2) is 0 Å². The summed E-state index contributed by atoms with van der Waals surface area (Å²) < 4.78 is 4.31. The van der Waals surface area contributed by atoms with Crippen LogP contribution in [0.15, 0.2) is 91.0 Å². The highest BCUT2D eigenvalue weighted by molar-refractivity contribution is 7.79. The smallest absolute Gasteiger partial charge is 0.120 e. The molecule has 0 saturated carbocycles. The molecule has 4 heteroatoms. The van der Waals surface area contributed by atoms with Crippen LogP contribution in [0.5, 0.6) is 0 Å². The molecule has 0 saturated heterocycles. The Morgan fingerprint density at radius 3 is 1.12 bits per heavy atom. The fourth-order valence-corrected chi connectivity index (χ4v) is 4.48. The van der Waals surface area contributed by atoms with Crippen molar-refractivity contribution in [3.8, 4) is 0 Å². The van der Waals surface area contributed by atoms with E-state index in [1.807, 2.05) is 0 Å². The molecule has 0 aromatic heterocycles. The third kappa shape index (κ3) is 6.34. The van der Waals surface area contributed by atoms with Crippen LogP contribution in [0, 0.1) is 0 Å². The van der Waals surface area contributed by atoms with Crippen LogP contribution in [0.2, 0.25) is 0 Å². The third-order valence-corrected chi connectivity index (χ3v) is 5.81. The quantitative estimate of drug-likeness (QED) is 0.486. The highest BCUT2D eigenvalue weighted by Gasteiger charge is 2.14. The minimum absolute atomic E-state index is 0. The van der Waals surface area contributed by atoms with E-state index in [2.05, 4.69) is 95.7 Å². The molecule has 24 heavy (non-hydrogen) atoms. The van der Waals surface area contributed by atoms with Crippen LogP contribution in [-0.2, 0) is 4.74 Å². The number of benzene rings is 3. The van der Waals surface area contributed by atoms with Gasteiger partial charge in [0.15, 0.2) is 0 Å². The molecule has 1 unspecified atom stereocenters. The van der Waals surface area contributed by atoms with Gasteiger partial charge in [-0.15, -0.1) is 0 Å². The molecule has 0 bridgehead atoms. The van der Waals surface area contributed by atoms with Gasteiger partial charge in [0.1, 0.15) is 6.07 Å². The molecule has 0 amide bonds. The van der Waals surface area contributed by atoms with Crippen LogP contribution in [0.1, 0.15) is 0 Å². The predicted octanol–water partition coefficient (Wildman–Crippen LogP) is 4.33. The van der Waals surface area contributed by atoms with Gasteiger partial charge < -0.3 is 4.74 Å². The second-order valence-electron chi connectivity index (χ2n) is 4.74. The van der Waals surface area contributed by atoms with E-state index in [0.29, 0.717) is 6.07 Å². The maximum absolute atomic E-state index is 4.96. The molecule has 1 nitrogen and oxygen atoms in total. The van der Waals surface area contributed by atoms with E-state index >= 15 is 0 Å². The monoisotopic (exact) mass is 376 g/mol. The van der Waals surface area contributed by atoms with Crippen LogP contribution in [0.4, 0.5) is 0 Å². The minimum Gasteiger partial charge on any atom is -0.369 e. The summed E-state index contributed by atoms with van der Waals surface area (Å²) in [5.74, 6) is 0. The van der Waals surface area contributed by atoms with Crippen molar-refractivity contribution >= 4 is 45.3 Å². The lowest BCUT2D eigenvalue weighted by Gasteiger charge is -2.18. The number of halogens is 1. The lowest BCUT2D eigenvalue weighted by molar-refractivity contribution is 0.254. The van der Waals surface area contributed by atoms with Crippen molar-refractivity contribution in [3.63, 3.8) is 0 Å². The number of ether oxygens (including phenoxy) is 1. The van der Waals surface area contributed by atoms with E-state index in [1.54, 1.807) is 7.11 Å². The fourth-order valence-electron chi connectivity index (χ4n) is 2.18. The van der Waals surface area contributed by atoms with Crippen molar-refractivity contribution < 1.29 is 4.74 Å². The SMILES string of the molecule is COCCl.P.c1ccc(P(c2ccccc2)c2ccccc2)cc1. The fraction of sp³-hybridized carbons (Fsp3) is 0.100. The molecule has 0 radical (unpaired) electrons. The second-order valence-corrected chi connectivity index (χ2v) is 7.18. The molecule has 126 valence electrons. The van der Waals surface area contributed by atoms with Gasteiger partial charge in [-0.05, 0) is 23.8 Å². The van der Waals surface area contributed by atoms with Gasteiger partial charge in [0.05, 0.1) is 0 Å². The molecule has 3 aromatic rings.